The maximum Gasteiger partial charge on any atom is 0.270 e. The predicted molar refractivity (Wildman–Crippen MR) is 96.1 cm³/mol. The highest BCUT2D eigenvalue weighted by atomic mass is 35.5. The molecule has 2 amide bonds. The minimum absolute atomic E-state index is 0.320. The summed E-state index contributed by atoms with van der Waals surface area (Å²) in [5.41, 5.74) is 1.04. The minimum Gasteiger partial charge on any atom is -0.495 e. The Morgan fingerprint density at radius 3 is 2.64 bits per heavy atom. The van der Waals surface area contributed by atoms with Crippen LogP contribution in [0.5, 0.6) is 5.75 Å². The molecule has 8 heteroatoms. The normalized spacial score (nSPS) is 10.3. The number of amides is 2. The molecule has 0 saturated heterocycles. The number of nitrogens with one attached hydrogen (secondary N) is 2. The standard InChI is InChI=1S/C17H16ClN3O4/c1-24-15-8-7-12(18)9-14(15)21-16(22)10-19-25-11-17(23)20-13-5-3-2-4-6-13/h2-10H,11H2,1H3,(H,20,23)(H,21,22)/b19-10-. The van der Waals surface area contributed by atoms with Crippen LogP contribution in [0, 0.1) is 0 Å². The van der Waals surface area contributed by atoms with Crippen LogP contribution < -0.4 is 15.4 Å². The van der Waals surface area contributed by atoms with E-state index < -0.39 is 5.91 Å². The van der Waals surface area contributed by atoms with Crippen LogP contribution in [0.4, 0.5) is 11.4 Å². The van der Waals surface area contributed by atoms with Gasteiger partial charge in [0.2, 0.25) is 0 Å². The van der Waals surface area contributed by atoms with Gasteiger partial charge >= 0.3 is 0 Å². The molecule has 2 aromatic carbocycles. The lowest BCUT2D eigenvalue weighted by atomic mass is 10.3. The Hall–Kier alpha value is -3.06. The quantitative estimate of drug-likeness (QED) is 0.586. The van der Waals surface area contributed by atoms with Gasteiger partial charge in [-0.1, -0.05) is 35.0 Å². The number of nitrogens with zero attached hydrogens (tertiary/aromatic N) is 1. The number of benzene rings is 2. The first kappa shape index (κ1) is 18.3. The molecular weight excluding hydrogens is 346 g/mol. The van der Waals surface area contributed by atoms with E-state index in [2.05, 4.69) is 15.8 Å². The molecule has 0 fully saturated rings. The highest BCUT2D eigenvalue weighted by molar-refractivity contribution is 6.33. The number of methoxy groups -OCH3 is 1. The molecule has 130 valence electrons. The van der Waals surface area contributed by atoms with Crippen LogP contribution in [0.15, 0.2) is 53.7 Å². The van der Waals surface area contributed by atoms with Crippen molar-refractivity contribution in [1.82, 2.24) is 0 Å². The largest absolute Gasteiger partial charge is 0.495 e. The van der Waals surface area contributed by atoms with Gasteiger partial charge in [0.15, 0.2) is 6.61 Å². The van der Waals surface area contributed by atoms with Crippen LogP contribution in [-0.4, -0.2) is 31.7 Å². The highest BCUT2D eigenvalue weighted by Gasteiger charge is 2.07. The van der Waals surface area contributed by atoms with Crippen LogP contribution in [-0.2, 0) is 14.4 Å². The third-order valence-corrected chi connectivity index (χ3v) is 3.15. The van der Waals surface area contributed by atoms with Crippen LogP contribution in [0.3, 0.4) is 0 Å². The van der Waals surface area contributed by atoms with Gasteiger partial charge in [0.1, 0.15) is 12.0 Å². The fourth-order valence-corrected chi connectivity index (χ4v) is 2.01. The summed E-state index contributed by atoms with van der Waals surface area (Å²) in [5, 5.41) is 9.08. The Kier molecular flexibility index (Phi) is 6.79. The second-order valence-corrected chi connectivity index (χ2v) is 5.19. The van der Waals surface area contributed by atoms with E-state index in [4.69, 9.17) is 21.2 Å². The van der Waals surface area contributed by atoms with E-state index in [-0.39, 0.29) is 12.5 Å². The first-order chi connectivity index (χ1) is 12.1. The Labute approximate surface area is 149 Å². The molecule has 0 atom stereocenters. The molecule has 25 heavy (non-hydrogen) atoms. The van der Waals surface area contributed by atoms with Crippen molar-refractivity contribution in [1.29, 1.82) is 0 Å². The zero-order valence-corrected chi connectivity index (χ0v) is 14.1. The summed E-state index contributed by atoms with van der Waals surface area (Å²) in [6.45, 7) is -0.320. The highest BCUT2D eigenvalue weighted by Crippen LogP contribution is 2.27. The summed E-state index contributed by atoms with van der Waals surface area (Å²) in [5.74, 6) is -0.487. The number of rotatable bonds is 7. The third kappa shape index (κ3) is 6.15. The van der Waals surface area contributed by atoms with Gasteiger partial charge in [-0.3, -0.25) is 9.59 Å². The van der Waals surface area contributed by atoms with Gasteiger partial charge in [0.05, 0.1) is 12.8 Å². The van der Waals surface area contributed by atoms with Gasteiger partial charge in [-0.2, -0.15) is 0 Å². The van der Waals surface area contributed by atoms with E-state index in [1.54, 1.807) is 42.5 Å². The zero-order valence-electron chi connectivity index (χ0n) is 13.4. The SMILES string of the molecule is COc1ccc(Cl)cc1NC(=O)/C=N\OCC(=O)Nc1ccccc1. The molecule has 0 radical (unpaired) electrons. The second kappa shape index (κ2) is 9.29. The monoisotopic (exact) mass is 361 g/mol. The molecule has 0 bridgehead atoms. The van der Waals surface area contributed by atoms with Gasteiger partial charge in [-0.25, -0.2) is 0 Å². The molecule has 0 saturated carbocycles. The van der Waals surface area contributed by atoms with E-state index in [9.17, 15) is 9.59 Å². The Balaban J connectivity index is 1.79. The molecule has 7 nitrogen and oxygen atoms in total. The third-order valence-electron chi connectivity index (χ3n) is 2.92. The van der Waals surface area contributed by atoms with Gasteiger partial charge in [-0.05, 0) is 30.3 Å². The number of carbonyl (C=O) groups excluding carboxylic acids is 2. The van der Waals surface area contributed by atoms with Gasteiger partial charge in [0, 0.05) is 10.7 Å². The smallest absolute Gasteiger partial charge is 0.270 e. The lowest BCUT2D eigenvalue weighted by molar-refractivity contribution is -0.120. The van der Waals surface area contributed by atoms with Crippen molar-refractivity contribution in [3.05, 3.63) is 53.6 Å². The van der Waals surface area contributed by atoms with Crippen LogP contribution in [0.25, 0.3) is 0 Å². The molecular formula is C17H16ClN3O4. The summed E-state index contributed by atoms with van der Waals surface area (Å²) in [7, 11) is 1.47. The van der Waals surface area contributed by atoms with E-state index >= 15 is 0 Å². The maximum atomic E-state index is 11.8. The van der Waals surface area contributed by atoms with Crippen molar-refractivity contribution in [2.24, 2.45) is 5.16 Å². The number of anilines is 2. The summed E-state index contributed by atoms with van der Waals surface area (Å²) in [4.78, 5) is 28.2. The second-order valence-electron chi connectivity index (χ2n) is 4.76. The fourth-order valence-electron chi connectivity index (χ4n) is 1.84. The Morgan fingerprint density at radius 1 is 1.16 bits per heavy atom. The molecule has 2 rings (SSSR count). The maximum absolute atomic E-state index is 11.8. The lowest BCUT2D eigenvalue weighted by Gasteiger charge is -2.08. The first-order valence-corrected chi connectivity index (χ1v) is 7.61. The first-order valence-electron chi connectivity index (χ1n) is 7.23. The van der Waals surface area contributed by atoms with Gasteiger partial charge in [0.25, 0.3) is 11.8 Å². The number of oxime groups is 1. The van der Waals surface area contributed by atoms with Crippen LogP contribution in [0.2, 0.25) is 5.02 Å². The molecule has 0 aromatic heterocycles. The average Bonchev–Trinajstić information content (AvgIpc) is 2.60. The van der Waals surface area contributed by atoms with Gasteiger partial charge < -0.3 is 20.2 Å². The van der Waals surface area contributed by atoms with Crippen molar-refractivity contribution >= 4 is 41.0 Å². The molecule has 2 N–H and O–H groups in total. The van der Waals surface area contributed by atoms with E-state index in [1.165, 1.54) is 7.11 Å². The van der Waals surface area contributed by atoms with E-state index in [0.29, 0.717) is 22.1 Å². The number of carbonyl (C=O) groups is 2. The van der Waals surface area contributed by atoms with Crippen molar-refractivity contribution in [2.45, 2.75) is 0 Å². The lowest BCUT2D eigenvalue weighted by Crippen LogP contribution is -2.18. The molecule has 0 aliphatic rings. The Bertz CT molecular complexity index is 766. The number of para-hydroxylation sites is 1. The van der Waals surface area contributed by atoms with Crippen molar-refractivity contribution < 1.29 is 19.2 Å². The number of hydrogen-bond acceptors (Lipinski definition) is 5. The fraction of sp³-hybridized carbons (Fsp3) is 0.118. The number of ether oxygens (including phenoxy) is 1. The molecule has 0 heterocycles. The zero-order chi connectivity index (χ0) is 18.1. The van der Waals surface area contributed by atoms with Crippen LogP contribution in [0.1, 0.15) is 0 Å². The Morgan fingerprint density at radius 2 is 1.92 bits per heavy atom. The van der Waals surface area contributed by atoms with Gasteiger partial charge in [-0.15, -0.1) is 0 Å². The van der Waals surface area contributed by atoms with Crippen LogP contribution >= 0.6 is 11.6 Å². The molecule has 0 aliphatic carbocycles. The minimum atomic E-state index is -0.552. The summed E-state index contributed by atoms with van der Waals surface area (Å²) in [6.07, 6.45) is 0.913. The molecule has 0 aliphatic heterocycles. The molecule has 0 spiro atoms. The molecule has 2 aromatic rings. The average molecular weight is 362 g/mol. The van der Waals surface area contributed by atoms with E-state index in [0.717, 1.165) is 6.21 Å². The van der Waals surface area contributed by atoms with E-state index in [1.807, 2.05) is 6.07 Å². The van der Waals surface area contributed by atoms with Crippen molar-refractivity contribution in [3.8, 4) is 5.75 Å². The summed E-state index contributed by atoms with van der Waals surface area (Å²) < 4.78 is 5.11. The molecule has 0 unspecified atom stereocenters. The summed E-state index contributed by atoms with van der Waals surface area (Å²) in [6, 6.07) is 13.7. The number of halogens is 1. The predicted octanol–water partition coefficient (Wildman–Crippen LogP) is 2.93. The summed E-state index contributed by atoms with van der Waals surface area (Å²) >= 11 is 5.88. The van der Waals surface area contributed by atoms with Crippen molar-refractivity contribution in [3.63, 3.8) is 0 Å². The van der Waals surface area contributed by atoms with Crippen molar-refractivity contribution in [2.75, 3.05) is 24.4 Å². The number of hydrogen-bond donors (Lipinski definition) is 2. The topological polar surface area (TPSA) is 89.0 Å².